The van der Waals surface area contributed by atoms with Crippen molar-refractivity contribution in [1.82, 2.24) is 19.9 Å². The summed E-state index contributed by atoms with van der Waals surface area (Å²) in [6, 6.07) is 4.20. The highest BCUT2D eigenvalue weighted by molar-refractivity contribution is 6.02. The van der Waals surface area contributed by atoms with Gasteiger partial charge in [0.2, 0.25) is 0 Å². The third-order valence-electron chi connectivity index (χ3n) is 6.18. The Morgan fingerprint density at radius 2 is 1.90 bits per heavy atom. The number of allylic oxidation sites excluding steroid dienone is 1. The van der Waals surface area contributed by atoms with E-state index in [0.717, 1.165) is 70.4 Å². The van der Waals surface area contributed by atoms with Crippen LogP contribution in [0.1, 0.15) is 24.4 Å². The van der Waals surface area contributed by atoms with E-state index in [1.54, 1.807) is 0 Å². The minimum absolute atomic E-state index is 0.643. The predicted octanol–water partition coefficient (Wildman–Crippen LogP) is 3.34. The minimum Gasteiger partial charge on any atom is -0.378 e. The van der Waals surface area contributed by atoms with Gasteiger partial charge in [0.05, 0.1) is 31.0 Å². The second kappa shape index (κ2) is 7.81. The molecule has 3 aromatic heterocycles. The van der Waals surface area contributed by atoms with E-state index in [1.807, 2.05) is 36.9 Å². The fourth-order valence-corrected chi connectivity index (χ4v) is 4.25. The van der Waals surface area contributed by atoms with Gasteiger partial charge in [-0.05, 0) is 42.5 Å². The molecule has 1 aliphatic carbocycles. The first kappa shape index (κ1) is 18.6. The maximum absolute atomic E-state index is 5.55. The molecule has 6 rings (SSSR count). The topological polar surface area (TPSA) is 76.4 Å². The first-order valence-electron chi connectivity index (χ1n) is 11.0. The highest BCUT2D eigenvalue weighted by Gasteiger charge is 2.23. The zero-order valence-electron chi connectivity index (χ0n) is 17.4. The molecule has 0 spiro atoms. The van der Waals surface area contributed by atoms with Crippen molar-refractivity contribution in [2.45, 2.75) is 19.3 Å². The fraction of sp³-hybridized carbons (Fsp3) is 0.375. The van der Waals surface area contributed by atoms with Crippen LogP contribution in [0, 0.1) is 5.92 Å². The molecule has 1 saturated heterocycles. The number of aliphatic imine (C=N–C) groups is 1. The third kappa shape index (κ3) is 3.70. The van der Waals surface area contributed by atoms with Crippen molar-refractivity contribution in [2.75, 3.05) is 37.7 Å². The molecule has 0 aromatic carbocycles. The zero-order chi connectivity index (χ0) is 20.6. The van der Waals surface area contributed by atoms with Gasteiger partial charge in [-0.15, -0.1) is 0 Å². The van der Waals surface area contributed by atoms with Gasteiger partial charge in [-0.3, -0.25) is 9.98 Å². The smallest absolute Gasteiger partial charge is 0.130 e. The van der Waals surface area contributed by atoms with Gasteiger partial charge in [0.1, 0.15) is 11.6 Å². The van der Waals surface area contributed by atoms with Gasteiger partial charge in [0, 0.05) is 60.8 Å². The van der Waals surface area contributed by atoms with E-state index in [4.69, 9.17) is 9.72 Å². The number of hydrogen-bond acceptors (Lipinski definition) is 7. The van der Waals surface area contributed by atoms with Crippen molar-refractivity contribution in [2.24, 2.45) is 10.9 Å². The molecule has 1 saturated carbocycles. The number of ether oxygens (including phenoxy) is 1. The number of hydrogen-bond donors (Lipinski definition) is 0. The largest absolute Gasteiger partial charge is 0.378 e. The number of anilines is 1. The van der Waals surface area contributed by atoms with E-state index >= 15 is 0 Å². The standard InChI is InChI=1S/C24H24N6O/c1-2-16(1)11-21-27-14-18(15-28-21)20-12-22(30-7-9-31-10-8-30)29-24-19(20)4-6-26-23(24)17-3-5-25-13-17/h3-6,12,14-16H,1-2,7-11,13H2. The summed E-state index contributed by atoms with van der Waals surface area (Å²) in [5.41, 5.74) is 5.00. The van der Waals surface area contributed by atoms with Crippen molar-refractivity contribution in [1.29, 1.82) is 0 Å². The lowest BCUT2D eigenvalue weighted by Gasteiger charge is -2.28. The molecule has 3 aliphatic rings. The summed E-state index contributed by atoms with van der Waals surface area (Å²) >= 11 is 0. The first-order chi connectivity index (χ1) is 15.3. The molecule has 7 heteroatoms. The van der Waals surface area contributed by atoms with Crippen LogP contribution < -0.4 is 4.90 Å². The predicted molar refractivity (Wildman–Crippen MR) is 121 cm³/mol. The van der Waals surface area contributed by atoms with Gasteiger partial charge in [-0.2, -0.15) is 0 Å². The maximum atomic E-state index is 5.55. The molecule has 2 fully saturated rings. The Labute approximate surface area is 180 Å². The average molecular weight is 412 g/mol. The molecular weight excluding hydrogens is 388 g/mol. The number of pyridine rings is 2. The van der Waals surface area contributed by atoms with Gasteiger partial charge in [0.15, 0.2) is 0 Å². The normalized spacial score (nSPS) is 18.6. The molecule has 2 aliphatic heterocycles. The molecule has 0 radical (unpaired) electrons. The number of nitrogens with zero attached hydrogens (tertiary/aromatic N) is 6. The van der Waals surface area contributed by atoms with Crippen molar-refractivity contribution < 1.29 is 4.74 Å². The Balaban J connectivity index is 1.48. The van der Waals surface area contributed by atoms with E-state index in [1.165, 1.54) is 12.8 Å². The fourth-order valence-electron chi connectivity index (χ4n) is 4.25. The van der Waals surface area contributed by atoms with Crippen molar-refractivity contribution >= 4 is 28.5 Å². The van der Waals surface area contributed by atoms with Crippen LogP contribution in [0.25, 0.3) is 27.6 Å². The molecule has 0 atom stereocenters. The van der Waals surface area contributed by atoms with Gasteiger partial charge < -0.3 is 9.64 Å². The van der Waals surface area contributed by atoms with Crippen LogP contribution in [0.2, 0.25) is 0 Å². The molecule has 0 unspecified atom stereocenters. The molecule has 3 aromatic rings. The summed E-state index contributed by atoms with van der Waals surface area (Å²) in [5.74, 6) is 2.66. The Morgan fingerprint density at radius 3 is 2.65 bits per heavy atom. The Hall–Kier alpha value is -3.19. The van der Waals surface area contributed by atoms with Crippen LogP contribution in [0.4, 0.5) is 5.82 Å². The summed E-state index contributed by atoms with van der Waals surface area (Å²) in [7, 11) is 0. The van der Waals surface area contributed by atoms with Crippen LogP contribution in [-0.2, 0) is 11.2 Å². The number of morpholine rings is 1. The quantitative estimate of drug-likeness (QED) is 0.640. The number of fused-ring (bicyclic) bond motifs is 1. The van der Waals surface area contributed by atoms with E-state index in [0.29, 0.717) is 19.8 Å². The maximum Gasteiger partial charge on any atom is 0.130 e. The Kier molecular flexibility index (Phi) is 4.68. The van der Waals surface area contributed by atoms with Crippen LogP contribution in [0.15, 0.2) is 41.8 Å². The van der Waals surface area contributed by atoms with Crippen molar-refractivity contribution in [3.8, 4) is 11.1 Å². The summed E-state index contributed by atoms with van der Waals surface area (Å²) in [6.45, 7) is 3.73. The monoisotopic (exact) mass is 412 g/mol. The summed E-state index contributed by atoms with van der Waals surface area (Å²) in [5, 5.41) is 1.06. The van der Waals surface area contributed by atoms with Crippen molar-refractivity contribution in [3.05, 3.63) is 48.3 Å². The van der Waals surface area contributed by atoms with Crippen LogP contribution >= 0.6 is 0 Å². The summed E-state index contributed by atoms with van der Waals surface area (Å²) in [6.07, 6.45) is 13.2. The first-order valence-corrected chi connectivity index (χ1v) is 11.0. The lowest BCUT2D eigenvalue weighted by Crippen LogP contribution is -2.36. The Morgan fingerprint density at radius 1 is 1.06 bits per heavy atom. The van der Waals surface area contributed by atoms with E-state index in [9.17, 15) is 0 Å². The second-order valence-corrected chi connectivity index (χ2v) is 8.40. The van der Waals surface area contributed by atoms with Gasteiger partial charge in [-0.25, -0.2) is 15.0 Å². The molecule has 0 N–H and O–H groups in total. The second-order valence-electron chi connectivity index (χ2n) is 8.40. The molecule has 7 nitrogen and oxygen atoms in total. The lowest BCUT2D eigenvalue weighted by atomic mass is 10.0. The third-order valence-corrected chi connectivity index (χ3v) is 6.18. The van der Waals surface area contributed by atoms with Gasteiger partial charge in [0.25, 0.3) is 0 Å². The van der Waals surface area contributed by atoms with Crippen molar-refractivity contribution in [3.63, 3.8) is 0 Å². The molecular formula is C24H24N6O. The minimum atomic E-state index is 0.643. The molecule has 31 heavy (non-hydrogen) atoms. The summed E-state index contributed by atoms with van der Waals surface area (Å²) in [4.78, 5) is 25.7. The SMILES string of the molecule is C1=NCC(c2nccc3c(-c4cnc(CC5CC5)nc4)cc(N4CCOCC4)nc23)=C1. The molecule has 0 amide bonds. The lowest BCUT2D eigenvalue weighted by molar-refractivity contribution is 0.122. The number of rotatable bonds is 5. The Bertz CT molecular complexity index is 1180. The van der Waals surface area contributed by atoms with Crippen LogP contribution in [0.3, 0.4) is 0 Å². The average Bonchev–Trinajstić information content (AvgIpc) is 3.47. The zero-order valence-corrected chi connectivity index (χ0v) is 17.4. The van der Waals surface area contributed by atoms with Gasteiger partial charge >= 0.3 is 0 Å². The van der Waals surface area contributed by atoms with Gasteiger partial charge in [-0.1, -0.05) is 0 Å². The van der Waals surface area contributed by atoms with E-state index < -0.39 is 0 Å². The molecule has 5 heterocycles. The van der Waals surface area contributed by atoms with Crippen LogP contribution in [-0.4, -0.2) is 59.0 Å². The van der Waals surface area contributed by atoms with E-state index in [2.05, 4.69) is 30.9 Å². The van der Waals surface area contributed by atoms with E-state index in [-0.39, 0.29) is 0 Å². The molecule has 156 valence electrons. The molecule has 0 bridgehead atoms. The summed E-state index contributed by atoms with van der Waals surface area (Å²) < 4.78 is 5.55. The van der Waals surface area contributed by atoms with Crippen LogP contribution in [0.5, 0.6) is 0 Å². The highest BCUT2D eigenvalue weighted by Crippen LogP contribution is 2.35. The number of aromatic nitrogens is 4. The highest BCUT2D eigenvalue weighted by atomic mass is 16.5.